The second kappa shape index (κ2) is 7.83. The Labute approximate surface area is 126 Å². The van der Waals surface area contributed by atoms with Crippen LogP contribution < -0.4 is 10.1 Å². The van der Waals surface area contributed by atoms with Crippen LogP contribution in [0.1, 0.15) is 26.3 Å². The molecule has 0 aliphatic rings. The van der Waals surface area contributed by atoms with E-state index in [0.29, 0.717) is 25.5 Å². The molecule has 1 rings (SSSR count). The van der Waals surface area contributed by atoms with E-state index in [4.69, 9.17) is 9.47 Å². The molecule has 21 heavy (non-hydrogen) atoms. The van der Waals surface area contributed by atoms with Gasteiger partial charge >= 0.3 is 6.09 Å². The fourth-order valence-corrected chi connectivity index (χ4v) is 1.55. The second-order valence-corrected chi connectivity index (χ2v) is 5.79. The Kier molecular flexibility index (Phi) is 6.42. The van der Waals surface area contributed by atoms with Crippen LogP contribution in [0.3, 0.4) is 0 Å². The first-order valence-corrected chi connectivity index (χ1v) is 6.95. The number of ether oxygens (including phenoxy) is 2. The summed E-state index contributed by atoms with van der Waals surface area (Å²) in [5, 5.41) is 3.26. The summed E-state index contributed by atoms with van der Waals surface area (Å²) < 4.78 is 10.3. The standard InChI is InChI=1S/C15H25N3O3/c1-15(2,3)21-14(19)18(4)9-8-16-10-12-6-7-13(20-5)17-11-12/h6-7,11,16H,8-10H2,1-5H3. The van der Waals surface area contributed by atoms with Gasteiger partial charge in [0.1, 0.15) is 5.60 Å². The highest BCUT2D eigenvalue weighted by Gasteiger charge is 2.18. The predicted octanol–water partition coefficient (Wildman–Crippen LogP) is 2.05. The topological polar surface area (TPSA) is 63.7 Å². The maximum atomic E-state index is 11.7. The van der Waals surface area contributed by atoms with Gasteiger partial charge < -0.3 is 19.7 Å². The normalized spacial score (nSPS) is 11.1. The molecule has 1 heterocycles. The molecule has 0 radical (unpaired) electrons. The van der Waals surface area contributed by atoms with Crippen LogP contribution in [-0.4, -0.2) is 48.8 Å². The molecule has 0 aliphatic heterocycles. The Hall–Kier alpha value is -1.82. The van der Waals surface area contributed by atoms with Crippen molar-refractivity contribution in [2.75, 3.05) is 27.2 Å². The van der Waals surface area contributed by atoms with Crippen molar-refractivity contribution in [2.24, 2.45) is 0 Å². The summed E-state index contributed by atoms with van der Waals surface area (Å²) in [5.74, 6) is 0.600. The highest BCUT2D eigenvalue weighted by atomic mass is 16.6. The summed E-state index contributed by atoms with van der Waals surface area (Å²) >= 11 is 0. The maximum absolute atomic E-state index is 11.7. The quantitative estimate of drug-likeness (QED) is 0.814. The molecule has 0 unspecified atom stereocenters. The number of nitrogens with zero attached hydrogens (tertiary/aromatic N) is 2. The zero-order valence-electron chi connectivity index (χ0n) is 13.5. The highest BCUT2D eigenvalue weighted by molar-refractivity contribution is 5.67. The number of carbonyl (C=O) groups excluding carboxylic acids is 1. The van der Waals surface area contributed by atoms with Crippen LogP contribution in [0, 0.1) is 0 Å². The van der Waals surface area contributed by atoms with Crippen molar-refractivity contribution < 1.29 is 14.3 Å². The van der Waals surface area contributed by atoms with Gasteiger partial charge in [0.15, 0.2) is 0 Å². The van der Waals surface area contributed by atoms with Gasteiger partial charge in [-0.25, -0.2) is 9.78 Å². The Morgan fingerprint density at radius 1 is 1.38 bits per heavy atom. The molecule has 1 aromatic rings. The first kappa shape index (κ1) is 17.2. The van der Waals surface area contributed by atoms with Crippen molar-refractivity contribution in [1.29, 1.82) is 0 Å². The van der Waals surface area contributed by atoms with E-state index in [1.54, 1.807) is 25.3 Å². The first-order chi connectivity index (χ1) is 9.81. The van der Waals surface area contributed by atoms with Gasteiger partial charge in [-0.05, 0) is 26.3 Å². The number of amides is 1. The van der Waals surface area contributed by atoms with Crippen molar-refractivity contribution in [2.45, 2.75) is 32.9 Å². The van der Waals surface area contributed by atoms with Gasteiger partial charge in [-0.3, -0.25) is 0 Å². The van der Waals surface area contributed by atoms with E-state index in [2.05, 4.69) is 10.3 Å². The van der Waals surface area contributed by atoms with Crippen LogP contribution in [0.25, 0.3) is 0 Å². The lowest BCUT2D eigenvalue weighted by atomic mass is 10.2. The minimum atomic E-state index is -0.465. The molecule has 6 heteroatoms. The molecule has 0 aliphatic carbocycles. The number of hydrogen-bond acceptors (Lipinski definition) is 5. The van der Waals surface area contributed by atoms with Crippen LogP contribution in [0.15, 0.2) is 18.3 Å². The second-order valence-electron chi connectivity index (χ2n) is 5.79. The summed E-state index contributed by atoms with van der Waals surface area (Å²) in [5.41, 5.74) is 0.601. The monoisotopic (exact) mass is 295 g/mol. The van der Waals surface area contributed by atoms with E-state index in [1.807, 2.05) is 32.9 Å². The van der Waals surface area contributed by atoms with Gasteiger partial charge in [0, 0.05) is 38.9 Å². The molecule has 0 aromatic carbocycles. The predicted molar refractivity (Wildman–Crippen MR) is 81.4 cm³/mol. The van der Waals surface area contributed by atoms with E-state index in [0.717, 1.165) is 5.56 Å². The van der Waals surface area contributed by atoms with E-state index in [9.17, 15) is 4.79 Å². The number of methoxy groups -OCH3 is 1. The average Bonchev–Trinajstić information content (AvgIpc) is 2.42. The number of rotatable bonds is 6. The third kappa shape index (κ3) is 6.94. The van der Waals surface area contributed by atoms with Crippen LogP contribution in [0.5, 0.6) is 5.88 Å². The third-order valence-corrected chi connectivity index (χ3v) is 2.67. The maximum Gasteiger partial charge on any atom is 0.410 e. The van der Waals surface area contributed by atoms with E-state index in [1.165, 1.54) is 0 Å². The summed E-state index contributed by atoms with van der Waals surface area (Å²) in [6.45, 7) is 7.52. The van der Waals surface area contributed by atoms with Gasteiger partial charge in [0.2, 0.25) is 5.88 Å². The summed E-state index contributed by atoms with van der Waals surface area (Å²) in [6, 6.07) is 3.78. The highest BCUT2D eigenvalue weighted by Crippen LogP contribution is 2.09. The minimum Gasteiger partial charge on any atom is -0.481 e. The third-order valence-electron chi connectivity index (χ3n) is 2.67. The first-order valence-electron chi connectivity index (χ1n) is 6.95. The van der Waals surface area contributed by atoms with Crippen LogP contribution >= 0.6 is 0 Å². The molecule has 0 fully saturated rings. The van der Waals surface area contributed by atoms with Crippen LogP contribution in [0.2, 0.25) is 0 Å². The molecule has 1 amide bonds. The number of nitrogens with one attached hydrogen (secondary N) is 1. The van der Waals surface area contributed by atoms with Crippen molar-refractivity contribution in [3.05, 3.63) is 23.9 Å². The molecule has 1 aromatic heterocycles. The molecule has 1 N–H and O–H groups in total. The average molecular weight is 295 g/mol. The smallest absolute Gasteiger partial charge is 0.410 e. The molecular formula is C15H25N3O3. The van der Waals surface area contributed by atoms with E-state index >= 15 is 0 Å². The summed E-state index contributed by atoms with van der Waals surface area (Å²) in [4.78, 5) is 17.4. The largest absolute Gasteiger partial charge is 0.481 e. The zero-order valence-corrected chi connectivity index (χ0v) is 13.5. The van der Waals surface area contributed by atoms with Crippen molar-refractivity contribution in [1.82, 2.24) is 15.2 Å². The van der Waals surface area contributed by atoms with Crippen LogP contribution in [-0.2, 0) is 11.3 Å². The lowest BCUT2D eigenvalue weighted by Crippen LogP contribution is -2.37. The summed E-state index contributed by atoms with van der Waals surface area (Å²) in [6.07, 6.45) is 1.46. The van der Waals surface area contributed by atoms with Crippen molar-refractivity contribution in [3.63, 3.8) is 0 Å². The molecule has 118 valence electrons. The van der Waals surface area contributed by atoms with Gasteiger partial charge in [0.05, 0.1) is 7.11 Å². The molecule has 0 saturated heterocycles. The van der Waals surface area contributed by atoms with E-state index < -0.39 is 5.60 Å². The number of pyridine rings is 1. The number of hydrogen-bond donors (Lipinski definition) is 1. The van der Waals surface area contributed by atoms with Crippen molar-refractivity contribution >= 4 is 6.09 Å². The van der Waals surface area contributed by atoms with E-state index in [-0.39, 0.29) is 6.09 Å². The van der Waals surface area contributed by atoms with Gasteiger partial charge in [-0.1, -0.05) is 6.07 Å². The molecule has 0 atom stereocenters. The van der Waals surface area contributed by atoms with Gasteiger partial charge in [-0.15, -0.1) is 0 Å². The SMILES string of the molecule is COc1ccc(CNCCN(C)C(=O)OC(C)(C)C)cn1. The Morgan fingerprint density at radius 2 is 2.10 bits per heavy atom. The molecule has 0 spiro atoms. The molecular weight excluding hydrogens is 270 g/mol. The summed E-state index contributed by atoms with van der Waals surface area (Å²) in [7, 11) is 3.32. The Bertz CT molecular complexity index is 440. The number of carbonyl (C=O) groups is 1. The Morgan fingerprint density at radius 3 is 2.62 bits per heavy atom. The Balaban J connectivity index is 2.25. The lowest BCUT2D eigenvalue weighted by Gasteiger charge is -2.24. The zero-order chi connectivity index (χ0) is 15.9. The number of likely N-dealkylation sites (N-methyl/N-ethyl adjacent to an activating group) is 1. The van der Waals surface area contributed by atoms with Crippen LogP contribution in [0.4, 0.5) is 4.79 Å². The molecule has 6 nitrogen and oxygen atoms in total. The van der Waals surface area contributed by atoms with Gasteiger partial charge in [0.25, 0.3) is 0 Å². The molecule has 0 bridgehead atoms. The van der Waals surface area contributed by atoms with Gasteiger partial charge in [-0.2, -0.15) is 0 Å². The fraction of sp³-hybridized carbons (Fsp3) is 0.600. The van der Waals surface area contributed by atoms with Crippen molar-refractivity contribution in [3.8, 4) is 5.88 Å². The molecule has 0 saturated carbocycles. The fourth-order valence-electron chi connectivity index (χ4n) is 1.55. The lowest BCUT2D eigenvalue weighted by molar-refractivity contribution is 0.0300. The minimum absolute atomic E-state index is 0.310. The number of aromatic nitrogens is 1.